The third-order valence-electron chi connectivity index (χ3n) is 5.24. The van der Waals surface area contributed by atoms with E-state index in [4.69, 9.17) is 17.0 Å². The largest absolute Gasteiger partial charge is 0.494 e. The molecule has 2 aromatic heterocycles. The number of nitrogens with zero attached hydrogens (tertiary/aromatic N) is 2. The number of H-pyrrole nitrogens is 1. The molecule has 33 heavy (non-hydrogen) atoms. The molecule has 0 spiro atoms. The van der Waals surface area contributed by atoms with Crippen molar-refractivity contribution in [2.24, 2.45) is 0 Å². The molecule has 0 aliphatic rings. The summed E-state index contributed by atoms with van der Waals surface area (Å²) in [5.74, 6) is 0.805. The number of aryl methyl sites for hydroxylation is 1. The number of nitrogens with one attached hydrogen (secondary N) is 2. The Morgan fingerprint density at radius 1 is 1.12 bits per heavy atom. The molecule has 0 saturated heterocycles. The molecule has 168 valence electrons. The molecule has 7 heteroatoms. The summed E-state index contributed by atoms with van der Waals surface area (Å²) in [6.45, 7) is 5.48. The van der Waals surface area contributed by atoms with Gasteiger partial charge in [-0.2, -0.15) is 0 Å². The van der Waals surface area contributed by atoms with E-state index in [1.54, 1.807) is 12.4 Å². The normalized spacial score (nSPS) is 10.7. The van der Waals surface area contributed by atoms with Crippen molar-refractivity contribution in [1.82, 2.24) is 14.9 Å². The van der Waals surface area contributed by atoms with Gasteiger partial charge in [0, 0.05) is 35.7 Å². The van der Waals surface area contributed by atoms with E-state index in [0.717, 1.165) is 33.5 Å². The minimum absolute atomic E-state index is 0.119. The maximum atomic E-state index is 12.8. The topological polar surface area (TPSA) is 70.2 Å². The molecular formula is C26H26N4O2S. The zero-order valence-corrected chi connectivity index (χ0v) is 19.5. The zero-order valence-electron chi connectivity index (χ0n) is 18.7. The highest BCUT2D eigenvalue weighted by Crippen LogP contribution is 2.18. The molecule has 0 aliphatic heterocycles. The summed E-state index contributed by atoms with van der Waals surface area (Å²) in [5.41, 5.74) is 4.34. The van der Waals surface area contributed by atoms with Crippen molar-refractivity contribution in [3.63, 3.8) is 0 Å². The Bertz CT molecular complexity index is 1300. The monoisotopic (exact) mass is 458 g/mol. The minimum Gasteiger partial charge on any atom is -0.494 e. The Morgan fingerprint density at radius 2 is 1.94 bits per heavy atom. The van der Waals surface area contributed by atoms with E-state index in [1.807, 2.05) is 73.3 Å². The lowest BCUT2D eigenvalue weighted by molar-refractivity contribution is 0.340. The van der Waals surface area contributed by atoms with Crippen LogP contribution >= 0.6 is 12.2 Å². The van der Waals surface area contributed by atoms with Crippen LogP contribution in [0.15, 0.2) is 77.9 Å². The van der Waals surface area contributed by atoms with Crippen molar-refractivity contribution in [2.75, 3.05) is 11.9 Å². The molecule has 0 bridgehead atoms. The number of aromatic nitrogens is 2. The first-order valence-corrected chi connectivity index (χ1v) is 11.2. The van der Waals surface area contributed by atoms with Crippen LogP contribution in [0.25, 0.3) is 10.9 Å². The van der Waals surface area contributed by atoms with E-state index in [2.05, 4.69) is 21.4 Å². The first-order valence-electron chi connectivity index (χ1n) is 10.8. The van der Waals surface area contributed by atoms with Crippen LogP contribution in [-0.4, -0.2) is 26.6 Å². The fourth-order valence-corrected chi connectivity index (χ4v) is 3.86. The van der Waals surface area contributed by atoms with Gasteiger partial charge in [-0.1, -0.05) is 17.7 Å². The maximum Gasteiger partial charge on any atom is 0.253 e. The van der Waals surface area contributed by atoms with Gasteiger partial charge in [-0.15, -0.1) is 0 Å². The smallest absolute Gasteiger partial charge is 0.253 e. The molecule has 2 aromatic carbocycles. The number of fused-ring (bicyclic) bond motifs is 1. The Balaban J connectivity index is 1.60. The van der Waals surface area contributed by atoms with Crippen LogP contribution in [0, 0.1) is 6.92 Å². The quantitative estimate of drug-likeness (QED) is 0.379. The average molecular weight is 459 g/mol. The van der Waals surface area contributed by atoms with E-state index in [-0.39, 0.29) is 5.56 Å². The van der Waals surface area contributed by atoms with Crippen LogP contribution in [0.5, 0.6) is 5.75 Å². The van der Waals surface area contributed by atoms with E-state index in [0.29, 0.717) is 30.4 Å². The molecule has 0 saturated carbocycles. The number of ether oxygens (including phenoxy) is 1. The number of hydrogen-bond acceptors (Lipinski definition) is 4. The van der Waals surface area contributed by atoms with Gasteiger partial charge in [0.1, 0.15) is 5.75 Å². The lowest BCUT2D eigenvalue weighted by Gasteiger charge is -2.26. The summed E-state index contributed by atoms with van der Waals surface area (Å²) in [6, 6.07) is 19.5. The molecule has 0 radical (unpaired) electrons. The maximum absolute atomic E-state index is 12.8. The summed E-state index contributed by atoms with van der Waals surface area (Å²) >= 11 is 5.75. The number of anilines is 1. The van der Waals surface area contributed by atoms with Crippen molar-refractivity contribution in [2.45, 2.75) is 26.9 Å². The first-order chi connectivity index (χ1) is 16.0. The second kappa shape index (κ2) is 10.3. The third-order valence-corrected chi connectivity index (χ3v) is 5.60. The van der Waals surface area contributed by atoms with Crippen LogP contribution in [0.2, 0.25) is 0 Å². The molecule has 4 aromatic rings. The van der Waals surface area contributed by atoms with Crippen LogP contribution in [0.1, 0.15) is 23.6 Å². The van der Waals surface area contributed by atoms with E-state index < -0.39 is 0 Å². The van der Waals surface area contributed by atoms with E-state index in [9.17, 15) is 4.79 Å². The molecular weight excluding hydrogens is 432 g/mol. The number of hydrogen-bond donors (Lipinski definition) is 2. The number of aromatic amines is 1. The van der Waals surface area contributed by atoms with Crippen molar-refractivity contribution >= 4 is 33.9 Å². The van der Waals surface area contributed by atoms with E-state index >= 15 is 0 Å². The Morgan fingerprint density at radius 3 is 2.67 bits per heavy atom. The molecule has 4 rings (SSSR count). The highest BCUT2D eigenvalue weighted by Gasteiger charge is 2.15. The molecule has 0 unspecified atom stereocenters. The zero-order chi connectivity index (χ0) is 23.2. The standard InChI is InChI=1S/C26H26N4O2S/c1-3-32-23-9-7-22(8-10-23)28-26(33)30(16-19-5-4-12-27-15-19)17-21-14-20-13-18(2)6-11-24(20)29-25(21)31/h4-15H,3,16-17H2,1-2H3,(H,28,33)(H,29,31). The van der Waals surface area contributed by atoms with Crippen molar-refractivity contribution in [3.8, 4) is 5.75 Å². The molecule has 0 aliphatic carbocycles. The highest BCUT2D eigenvalue weighted by molar-refractivity contribution is 7.80. The fraction of sp³-hybridized carbons (Fsp3) is 0.192. The van der Waals surface area contributed by atoms with Crippen LogP contribution in [0.4, 0.5) is 5.69 Å². The predicted octanol–water partition coefficient (Wildman–Crippen LogP) is 5.03. The molecule has 6 nitrogen and oxygen atoms in total. The molecule has 0 atom stereocenters. The summed E-state index contributed by atoms with van der Waals surface area (Å²) < 4.78 is 5.51. The molecule has 0 fully saturated rings. The third kappa shape index (κ3) is 5.75. The number of thiocarbonyl (C=S) groups is 1. The molecule has 2 N–H and O–H groups in total. The van der Waals surface area contributed by atoms with Gasteiger partial charge in [-0.05, 0) is 85.5 Å². The average Bonchev–Trinajstić information content (AvgIpc) is 2.81. The summed E-state index contributed by atoms with van der Waals surface area (Å²) in [6.07, 6.45) is 3.54. The Hall–Kier alpha value is -3.71. The predicted molar refractivity (Wildman–Crippen MR) is 137 cm³/mol. The van der Waals surface area contributed by atoms with Gasteiger partial charge in [0.25, 0.3) is 5.56 Å². The minimum atomic E-state index is -0.119. The lowest BCUT2D eigenvalue weighted by Crippen LogP contribution is -2.35. The van der Waals surface area contributed by atoms with Gasteiger partial charge in [0.2, 0.25) is 0 Å². The SMILES string of the molecule is CCOc1ccc(NC(=S)N(Cc2cccnc2)Cc2cc3cc(C)ccc3[nH]c2=O)cc1. The van der Waals surface area contributed by atoms with Gasteiger partial charge < -0.3 is 19.9 Å². The van der Waals surface area contributed by atoms with Crippen LogP contribution in [0.3, 0.4) is 0 Å². The fourth-order valence-electron chi connectivity index (χ4n) is 3.61. The lowest BCUT2D eigenvalue weighted by atomic mass is 10.1. The molecule has 2 heterocycles. The van der Waals surface area contributed by atoms with Gasteiger partial charge in [0.15, 0.2) is 5.11 Å². The summed E-state index contributed by atoms with van der Waals surface area (Å²) in [5, 5.41) is 4.80. The molecule has 0 amide bonds. The summed E-state index contributed by atoms with van der Waals surface area (Å²) in [4.78, 5) is 22.0. The first kappa shape index (κ1) is 22.5. The number of pyridine rings is 2. The second-order valence-corrected chi connectivity index (χ2v) is 8.21. The van der Waals surface area contributed by atoms with Crippen molar-refractivity contribution in [1.29, 1.82) is 0 Å². The Labute approximate surface area is 198 Å². The summed E-state index contributed by atoms with van der Waals surface area (Å²) in [7, 11) is 0. The van der Waals surface area contributed by atoms with Gasteiger partial charge >= 0.3 is 0 Å². The van der Waals surface area contributed by atoms with Crippen molar-refractivity contribution in [3.05, 3.63) is 100 Å². The second-order valence-electron chi connectivity index (χ2n) is 7.82. The highest BCUT2D eigenvalue weighted by atomic mass is 32.1. The number of benzene rings is 2. The van der Waals surface area contributed by atoms with Gasteiger partial charge in [-0.3, -0.25) is 9.78 Å². The Kier molecular flexibility index (Phi) is 7.00. The van der Waals surface area contributed by atoms with E-state index in [1.165, 1.54) is 0 Å². The van der Waals surface area contributed by atoms with Crippen LogP contribution in [-0.2, 0) is 13.1 Å². The van der Waals surface area contributed by atoms with Gasteiger partial charge in [-0.25, -0.2) is 0 Å². The van der Waals surface area contributed by atoms with Crippen molar-refractivity contribution < 1.29 is 4.74 Å². The number of rotatable bonds is 7. The van der Waals surface area contributed by atoms with Crippen LogP contribution < -0.4 is 15.6 Å². The van der Waals surface area contributed by atoms with Gasteiger partial charge in [0.05, 0.1) is 13.2 Å².